The smallest absolute Gasteiger partial charge is 0.123 e. The van der Waals surface area contributed by atoms with Crippen LogP contribution in [0.25, 0.3) is 22.4 Å². The first-order chi connectivity index (χ1) is 10.3. The second-order valence-electron chi connectivity index (χ2n) is 5.45. The molecule has 0 saturated heterocycles. The normalized spacial score (nSPS) is 13.4. The van der Waals surface area contributed by atoms with Gasteiger partial charge >= 0.3 is 0 Å². The SMILES string of the molecule is Fc1ccc(-c2c(-c3cc[c]cc3)cc3n2CCC3)cc1. The number of hydrogen-bond donors (Lipinski definition) is 0. The highest BCUT2D eigenvalue weighted by Gasteiger charge is 2.21. The Hall–Kier alpha value is -2.35. The van der Waals surface area contributed by atoms with Crippen molar-refractivity contribution in [2.45, 2.75) is 19.4 Å². The molecule has 0 amide bonds. The molecule has 0 atom stereocenters. The summed E-state index contributed by atoms with van der Waals surface area (Å²) < 4.78 is 15.6. The highest BCUT2D eigenvalue weighted by atomic mass is 19.1. The van der Waals surface area contributed by atoms with Crippen LogP contribution in [-0.2, 0) is 13.0 Å². The van der Waals surface area contributed by atoms with Gasteiger partial charge in [-0.2, -0.15) is 0 Å². The minimum absolute atomic E-state index is 0.192. The van der Waals surface area contributed by atoms with Crippen LogP contribution in [0.1, 0.15) is 12.1 Å². The Morgan fingerprint density at radius 2 is 1.71 bits per heavy atom. The van der Waals surface area contributed by atoms with E-state index in [1.54, 1.807) is 0 Å². The molecule has 2 heteroatoms. The molecule has 1 aliphatic rings. The second-order valence-corrected chi connectivity index (χ2v) is 5.45. The highest BCUT2D eigenvalue weighted by molar-refractivity contribution is 5.82. The van der Waals surface area contributed by atoms with Crippen LogP contribution in [0, 0.1) is 11.9 Å². The van der Waals surface area contributed by atoms with Crippen molar-refractivity contribution in [3.8, 4) is 22.4 Å². The first-order valence-corrected chi connectivity index (χ1v) is 7.28. The van der Waals surface area contributed by atoms with Crippen molar-refractivity contribution in [2.24, 2.45) is 0 Å². The fourth-order valence-electron chi connectivity index (χ4n) is 3.19. The number of hydrogen-bond acceptors (Lipinski definition) is 0. The lowest BCUT2D eigenvalue weighted by molar-refractivity contribution is 0.628. The van der Waals surface area contributed by atoms with E-state index in [1.165, 1.54) is 41.1 Å². The molecule has 2 heterocycles. The molecule has 1 radical (unpaired) electrons. The fraction of sp³-hybridized carbons (Fsp3) is 0.158. The topological polar surface area (TPSA) is 4.93 Å². The van der Waals surface area contributed by atoms with E-state index in [4.69, 9.17) is 0 Å². The summed E-state index contributed by atoms with van der Waals surface area (Å²) in [6, 6.07) is 20.2. The third-order valence-corrected chi connectivity index (χ3v) is 4.14. The molecular formula is C19H15FN. The van der Waals surface area contributed by atoms with E-state index >= 15 is 0 Å². The van der Waals surface area contributed by atoms with Gasteiger partial charge in [-0.25, -0.2) is 4.39 Å². The summed E-state index contributed by atoms with van der Waals surface area (Å²) in [5.41, 5.74) is 6.07. The number of benzene rings is 2. The van der Waals surface area contributed by atoms with Gasteiger partial charge in [0.15, 0.2) is 0 Å². The number of halogens is 1. The van der Waals surface area contributed by atoms with E-state index in [0.29, 0.717) is 0 Å². The lowest BCUT2D eigenvalue weighted by Gasteiger charge is -2.10. The van der Waals surface area contributed by atoms with Crippen LogP contribution in [0.5, 0.6) is 0 Å². The van der Waals surface area contributed by atoms with E-state index in [1.807, 2.05) is 24.3 Å². The molecule has 0 N–H and O–H groups in total. The number of fused-ring (bicyclic) bond motifs is 1. The first kappa shape index (κ1) is 12.4. The van der Waals surface area contributed by atoms with Gasteiger partial charge in [0.05, 0.1) is 5.69 Å². The van der Waals surface area contributed by atoms with Crippen molar-refractivity contribution in [3.63, 3.8) is 0 Å². The van der Waals surface area contributed by atoms with Crippen LogP contribution in [0.4, 0.5) is 4.39 Å². The average molecular weight is 276 g/mol. The summed E-state index contributed by atoms with van der Waals surface area (Å²) in [7, 11) is 0. The largest absolute Gasteiger partial charge is 0.344 e. The van der Waals surface area contributed by atoms with E-state index in [-0.39, 0.29) is 5.82 Å². The van der Waals surface area contributed by atoms with E-state index in [0.717, 1.165) is 18.5 Å². The van der Waals surface area contributed by atoms with Crippen molar-refractivity contribution >= 4 is 0 Å². The van der Waals surface area contributed by atoms with Crippen LogP contribution in [-0.4, -0.2) is 4.57 Å². The predicted molar refractivity (Wildman–Crippen MR) is 82.4 cm³/mol. The lowest BCUT2D eigenvalue weighted by Crippen LogP contribution is -1.96. The van der Waals surface area contributed by atoms with Crippen molar-refractivity contribution in [1.29, 1.82) is 0 Å². The zero-order chi connectivity index (χ0) is 14.2. The maximum atomic E-state index is 13.2. The van der Waals surface area contributed by atoms with Crippen molar-refractivity contribution < 1.29 is 4.39 Å². The molecule has 1 nitrogen and oxygen atoms in total. The third-order valence-electron chi connectivity index (χ3n) is 4.14. The lowest BCUT2D eigenvalue weighted by atomic mass is 10.0. The predicted octanol–water partition coefficient (Wildman–Crippen LogP) is 4.71. The number of nitrogens with zero attached hydrogens (tertiary/aromatic N) is 1. The molecule has 103 valence electrons. The minimum atomic E-state index is -0.192. The Balaban J connectivity index is 1.94. The van der Waals surface area contributed by atoms with Crippen LogP contribution in [0.15, 0.2) is 54.6 Å². The van der Waals surface area contributed by atoms with Gasteiger partial charge in [-0.1, -0.05) is 24.3 Å². The second kappa shape index (κ2) is 4.88. The van der Waals surface area contributed by atoms with Gasteiger partial charge in [-0.05, 0) is 60.4 Å². The van der Waals surface area contributed by atoms with Gasteiger partial charge in [-0.15, -0.1) is 0 Å². The van der Waals surface area contributed by atoms with Crippen molar-refractivity contribution in [2.75, 3.05) is 0 Å². The van der Waals surface area contributed by atoms with E-state index in [9.17, 15) is 4.39 Å². The Kier molecular flexibility index (Phi) is 2.88. The number of aromatic nitrogens is 1. The molecule has 4 rings (SSSR count). The minimum Gasteiger partial charge on any atom is -0.344 e. The van der Waals surface area contributed by atoms with Gasteiger partial charge in [0.1, 0.15) is 5.82 Å². The summed E-state index contributed by atoms with van der Waals surface area (Å²) in [6.07, 6.45) is 2.31. The van der Waals surface area contributed by atoms with Gasteiger partial charge in [0.2, 0.25) is 0 Å². The number of aryl methyl sites for hydroxylation is 1. The molecule has 0 spiro atoms. The highest BCUT2D eigenvalue weighted by Crippen LogP contribution is 2.37. The Morgan fingerprint density at radius 1 is 0.952 bits per heavy atom. The summed E-state index contributed by atoms with van der Waals surface area (Å²) in [5, 5.41) is 0. The summed E-state index contributed by atoms with van der Waals surface area (Å²) in [5.74, 6) is -0.192. The zero-order valence-corrected chi connectivity index (χ0v) is 11.6. The monoisotopic (exact) mass is 276 g/mol. The van der Waals surface area contributed by atoms with Crippen LogP contribution in [0.3, 0.4) is 0 Å². The van der Waals surface area contributed by atoms with Gasteiger partial charge in [-0.3, -0.25) is 0 Å². The number of rotatable bonds is 2. The Bertz CT molecular complexity index is 769. The molecule has 1 aliphatic heterocycles. The maximum absolute atomic E-state index is 13.2. The summed E-state index contributed by atoms with van der Waals surface area (Å²) in [4.78, 5) is 0. The molecular weight excluding hydrogens is 261 g/mol. The molecule has 0 bridgehead atoms. The zero-order valence-electron chi connectivity index (χ0n) is 11.6. The van der Waals surface area contributed by atoms with Crippen molar-refractivity contribution in [3.05, 3.63) is 72.2 Å². The molecule has 0 saturated carbocycles. The Morgan fingerprint density at radius 3 is 2.48 bits per heavy atom. The summed E-state index contributed by atoms with van der Waals surface area (Å²) in [6.45, 7) is 1.04. The van der Waals surface area contributed by atoms with Crippen molar-refractivity contribution in [1.82, 2.24) is 4.57 Å². The fourth-order valence-corrected chi connectivity index (χ4v) is 3.19. The molecule has 0 fully saturated rings. The van der Waals surface area contributed by atoms with E-state index in [2.05, 4.69) is 28.8 Å². The molecule has 3 aromatic rings. The quantitative estimate of drug-likeness (QED) is 0.639. The van der Waals surface area contributed by atoms with Gasteiger partial charge in [0, 0.05) is 17.8 Å². The van der Waals surface area contributed by atoms with Crippen LogP contribution >= 0.6 is 0 Å². The standard InChI is InChI=1S/C19H15FN/c20-16-10-8-15(9-11-16)19-18(14-5-2-1-3-6-14)13-17-7-4-12-21(17)19/h2-3,5-6,8-11,13H,4,7,12H2. The molecule has 0 unspecified atom stereocenters. The summed E-state index contributed by atoms with van der Waals surface area (Å²) >= 11 is 0. The molecule has 0 aliphatic carbocycles. The first-order valence-electron chi connectivity index (χ1n) is 7.28. The molecule has 2 aromatic carbocycles. The maximum Gasteiger partial charge on any atom is 0.123 e. The molecule has 1 aromatic heterocycles. The average Bonchev–Trinajstić information content (AvgIpc) is 3.10. The van der Waals surface area contributed by atoms with Gasteiger partial charge in [0.25, 0.3) is 0 Å². The third kappa shape index (κ3) is 2.07. The van der Waals surface area contributed by atoms with Crippen LogP contribution in [0.2, 0.25) is 0 Å². The van der Waals surface area contributed by atoms with E-state index < -0.39 is 0 Å². The van der Waals surface area contributed by atoms with Gasteiger partial charge < -0.3 is 4.57 Å². The van der Waals surface area contributed by atoms with Crippen LogP contribution < -0.4 is 0 Å². The molecule has 21 heavy (non-hydrogen) atoms. The Labute approximate surface area is 123 Å².